The zero-order valence-corrected chi connectivity index (χ0v) is 18.2. The van der Waals surface area contributed by atoms with Crippen molar-refractivity contribution in [3.63, 3.8) is 0 Å². The maximum absolute atomic E-state index is 13.1. The average Bonchev–Trinajstić information content (AvgIpc) is 3.22. The lowest BCUT2D eigenvalue weighted by Crippen LogP contribution is -2.34. The average molecular weight is 427 g/mol. The van der Waals surface area contributed by atoms with Crippen LogP contribution in [-0.4, -0.2) is 11.8 Å². The van der Waals surface area contributed by atoms with Gasteiger partial charge >= 0.3 is 0 Å². The summed E-state index contributed by atoms with van der Waals surface area (Å²) >= 11 is 0. The van der Waals surface area contributed by atoms with Gasteiger partial charge in [0, 0.05) is 12.3 Å². The van der Waals surface area contributed by atoms with Crippen molar-refractivity contribution in [2.45, 2.75) is 32.4 Å². The molecular formula is C27H26N2O3. The summed E-state index contributed by atoms with van der Waals surface area (Å²) in [5, 5.41) is 6.99. The Balaban J connectivity index is 1.60. The number of fused-ring (bicyclic) bond motifs is 1. The predicted octanol–water partition coefficient (Wildman–Crippen LogP) is 5.21. The van der Waals surface area contributed by atoms with Crippen molar-refractivity contribution in [1.82, 2.24) is 10.6 Å². The fourth-order valence-corrected chi connectivity index (χ4v) is 3.81. The summed E-state index contributed by atoms with van der Waals surface area (Å²) in [4.78, 5) is 24.9. The number of carbonyl (C=O) groups excluding carboxylic acids is 2. The highest BCUT2D eigenvalue weighted by atomic mass is 16.3. The largest absolute Gasteiger partial charge is 0.459 e. The van der Waals surface area contributed by atoms with Crippen LogP contribution in [0, 0.1) is 6.92 Å². The SMILES string of the molecule is CC(=O)NC(CC(=O)NC(c1ccccc1)c1cc2ccccc2o1)c1ccc(C)cc1. The van der Waals surface area contributed by atoms with Crippen molar-refractivity contribution in [3.05, 3.63) is 107 Å². The number of nitrogens with one attached hydrogen (secondary N) is 2. The fourth-order valence-electron chi connectivity index (χ4n) is 3.81. The minimum absolute atomic E-state index is 0.117. The second kappa shape index (κ2) is 9.52. The smallest absolute Gasteiger partial charge is 0.223 e. The summed E-state index contributed by atoms with van der Waals surface area (Å²) in [7, 11) is 0. The van der Waals surface area contributed by atoms with Gasteiger partial charge < -0.3 is 15.1 Å². The first-order valence-electron chi connectivity index (χ1n) is 10.7. The first-order valence-corrected chi connectivity index (χ1v) is 10.7. The van der Waals surface area contributed by atoms with E-state index in [1.165, 1.54) is 6.92 Å². The van der Waals surface area contributed by atoms with Crippen LogP contribution in [0.3, 0.4) is 0 Å². The molecule has 0 radical (unpaired) electrons. The minimum atomic E-state index is -0.438. The molecule has 162 valence electrons. The lowest BCUT2D eigenvalue weighted by atomic mass is 10.0. The number of amides is 2. The Labute approximate surface area is 187 Å². The number of hydrogen-bond donors (Lipinski definition) is 2. The highest BCUT2D eigenvalue weighted by Crippen LogP contribution is 2.29. The first kappa shape index (κ1) is 21.4. The van der Waals surface area contributed by atoms with Crippen LogP contribution in [0.2, 0.25) is 0 Å². The normalized spacial score (nSPS) is 12.8. The van der Waals surface area contributed by atoms with Gasteiger partial charge in [0.15, 0.2) is 0 Å². The molecule has 0 aliphatic heterocycles. The van der Waals surface area contributed by atoms with Crippen molar-refractivity contribution in [2.75, 3.05) is 0 Å². The summed E-state index contributed by atoms with van der Waals surface area (Å²) < 4.78 is 6.07. The molecule has 4 aromatic rings. The van der Waals surface area contributed by atoms with Crippen LogP contribution < -0.4 is 10.6 Å². The van der Waals surface area contributed by atoms with Crippen molar-refractivity contribution in [1.29, 1.82) is 0 Å². The molecule has 0 saturated carbocycles. The van der Waals surface area contributed by atoms with E-state index < -0.39 is 12.1 Å². The quantitative estimate of drug-likeness (QED) is 0.426. The van der Waals surface area contributed by atoms with E-state index >= 15 is 0 Å². The molecule has 0 aliphatic rings. The van der Waals surface area contributed by atoms with E-state index in [1.54, 1.807) is 0 Å². The Hall–Kier alpha value is -3.86. The molecular weight excluding hydrogens is 400 g/mol. The van der Waals surface area contributed by atoms with Crippen LogP contribution in [0.15, 0.2) is 89.3 Å². The molecule has 0 spiro atoms. The number of aryl methyl sites for hydroxylation is 1. The van der Waals surface area contributed by atoms with Crippen LogP contribution in [0.1, 0.15) is 47.9 Å². The van der Waals surface area contributed by atoms with E-state index in [9.17, 15) is 9.59 Å². The van der Waals surface area contributed by atoms with Gasteiger partial charge in [-0.1, -0.05) is 78.4 Å². The number of benzene rings is 3. The van der Waals surface area contributed by atoms with Gasteiger partial charge in [0.25, 0.3) is 0 Å². The maximum atomic E-state index is 13.1. The van der Waals surface area contributed by atoms with Crippen LogP contribution in [0.5, 0.6) is 0 Å². The third-order valence-corrected chi connectivity index (χ3v) is 5.41. The maximum Gasteiger partial charge on any atom is 0.223 e. The van der Waals surface area contributed by atoms with E-state index in [2.05, 4.69) is 10.6 Å². The van der Waals surface area contributed by atoms with Crippen molar-refractivity contribution in [2.24, 2.45) is 0 Å². The van der Waals surface area contributed by atoms with Crippen LogP contribution in [0.25, 0.3) is 11.0 Å². The molecule has 1 aromatic heterocycles. The van der Waals surface area contributed by atoms with Gasteiger partial charge in [0.2, 0.25) is 11.8 Å². The second-order valence-electron chi connectivity index (χ2n) is 7.97. The molecule has 0 fully saturated rings. The highest BCUT2D eigenvalue weighted by molar-refractivity contribution is 5.81. The van der Waals surface area contributed by atoms with E-state index in [4.69, 9.17) is 4.42 Å². The lowest BCUT2D eigenvalue weighted by molar-refractivity contribution is -0.123. The van der Waals surface area contributed by atoms with Gasteiger partial charge in [0.1, 0.15) is 17.4 Å². The molecule has 2 atom stereocenters. The molecule has 0 aliphatic carbocycles. The van der Waals surface area contributed by atoms with Crippen LogP contribution in [0.4, 0.5) is 0 Å². The zero-order valence-electron chi connectivity index (χ0n) is 18.2. The molecule has 0 bridgehead atoms. The molecule has 5 heteroatoms. The van der Waals surface area contributed by atoms with Gasteiger partial charge in [-0.25, -0.2) is 0 Å². The Bertz CT molecular complexity index is 1180. The summed E-state index contributed by atoms with van der Waals surface area (Å²) in [5.74, 6) is 0.302. The molecule has 3 aromatic carbocycles. The molecule has 0 saturated heterocycles. The van der Waals surface area contributed by atoms with Crippen LogP contribution in [-0.2, 0) is 9.59 Å². The standard InChI is InChI=1S/C27H26N2O3/c1-18-12-14-20(15-13-18)23(28-19(2)30)17-26(31)29-27(21-8-4-3-5-9-21)25-16-22-10-6-7-11-24(22)32-25/h3-16,23,27H,17H2,1-2H3,(H,28,30)(H,29,31). The summed E-state index contributed by atoms with van der Waals surface area (Å²) in [6, 6.07) is 26.4. The monoisotopic (exact) mass is 426 g/mol. The molecule has 5 nitrogen and oxygen atoms in total. The van der Waals surface area contributed by atoms with E-state index in [0.717, 1.165) is 27.7 Å². The van der Waals surface area contributed by atoms with Gasteiger partial charge in [-0.3, -0.25) is 9.59 Å². The van der Waals surface area contributed by atoms with Crippen molar-refractivity contribution in [3.8, 4) is 0 Å². The lowest BCUT2D eigenvalue weighted by Gasteiger charge is -2.21. The minimum Gasteiger partial charge on any atom is -0.459 e. The summed E-state index contributed by atoms with van der Waals surface area (Å²) in [5.41, 5.74) is 3.70. The second-order valence-corrected chi connectivity index (χ2v) is 7.97. The molecule has 32 heavy (non-hydrogen) atoms. The van der Waals surface area contributed by atoms with Crippen LogP contribution >= 0.6 is 0 Å². The predicted molar refractivity (Wildman–Crippen MR) is 125 cm³/mol. The Morgan fingerprint density at radius 2 is 1.53 bits per heavy atom. The highest BCUT2D eigenvalue weighted by Gasteiger charge is 2.23. The number of para-hydroxylation sites is 1. The van der Waals surface area contributed by atoms with E-state index in [1.807, 2.05) is 91.9 Å². The number of furan rings is 1. The van der Waals surface area contributed by atoms with Crippen molar-refractivity contribution < 1.29 is 14.0 Å². The zero-order chi connectivity index (χ0) is 22.5. The van der Waals surface area contributed by atoms with Gasteiger partial charge in [-0.2, -0.15) is 0 Å². The first-order chi connectivity index (χ1) is 15.5. The molecule has 2 amide bonds. The van der Waals surface area contributed by atoms with E-state index in [0.29, 0.717) is 5.76 Å². The summed E-state index contributed by atoms with van der Waals surface area (Å²) in [6.45, 7) is 3.46. The molecule has 2 unspecified atom stereocenters. The Kier molecular flexibility index (Phi) is 6.36. The Morgan fingerprint density at radius 3 is 2.22 bits per heavy atom. The number of rotatable bonds is 7. The molecule has 4 rings (SSSR count). The topological polar surface area (TPSA) is 71.3 Å². The Morgan fingerprint density at radius 1 is 0.844 bits per heavy atom. The molecule has 1 heterocycles. The number of hydrogen-bond acceptors (Lipinski definition) is 3. The van der Waals surface area contributed by atoms with Crippen molar-refractivity contribution >= 4 is 22.8 Å². The third-order valence-electron chi connectivity index (χ3n) is 5.41. The van der Waals surface area contributed by atoms with Gasteiger partial charge in [0.05, 0.1) is 12.5 Å². The molecule has 2 N–H and O–H groups in total. The van der Waals surface area contributed by atoms with Gasteiger partial charge in [-0.15, -0.1) is 0 Å². The van der Waals surface area contributed by atoms with E-state index in [-0.39, 0.29) is 18.2 Å². The fraction of sp³-hybridized carbons (Fsp3) is 0.185. The number of carbonyl (C=O) groups is 2. The third kappa shape index (κ3) is 5.06. The van der Waals surface area contributed by atoms with Gasteiger partial charge in [-0.05, 0) is 30.2 Å². The summed E-state index contributed by atoms with van der Waals surface area (Å²) in [6.07, 6.45) is 0.117.